The molecule has 0 bridgehead atoms. The number of hydrogen-bond donors (Lipinski definition) is 0. The number of amides is 1. The number of benzene rings is 2. The van der Waals surface area contributed by atoms with E-state index >= 15 is 0 Å². The number of piperidine rings is 1. The Kier molecular flexibility index (Phi) is 6.05. The van der Waals surface area contributed by atoms with E-state index < -0.39 is 0 Å². The molecule has 0 spiro atoms. The van der Waals surface area contributed by atoms with Crippen molar-refractivity contribution in [2.45, 2.75) is 31.9 Å². The zero-order valence-corrected chi connectivity index (χ0v) is 17.3. The Labute approximate surface area is 173 Å². The van der Waals surface area contributed by atoms with Crippen molar-refractivity contribution in [3.8, 4) is 11.5 Å². The van der Waals surface area contributed by atoms with Gasteiger partial charge in [0, 0.05) is 33.0 Å². The first-order valence-corrected chi connectivity index (χ1v) is 10.5. The second-order valence-electron chi connectivity index (χ2n) is 8.30. The number of nitrogens with zero attached hydrogens (tertiary/aromatic N) is 2. The topological polar surface area (TPSA) is 42.0 Å². The van der Waals surface area contributed by atoms with Gasteiger partial charge < -0.3 is 14.4 Å². The van der Waals surface area contributed by atoms with E-state index in [1.807, 2.05) is 38.4 Å². The van der Waals surface area contributed by atoms with Crippen molar-refractivity contribution < 1.29 is 14.3 Å². The Morgan fingerprint density at radius 1 is 1.00 bits per heavy atom. The lowest BCUT2D eigenvalue weighted by atomic mass is 9.95. The lowest BCUT2D eigenvalue weighted by Gasteiger charge is -2.32. The smallest absolute Gasteiger partial charge is 0.225 e. The maximum atomic E-state index is 12.1. The van der Waals surface area contributed by atoms with Crippen molar-refractivity contribution >= 4 is 5.91 Å². The van der Waals surface area contributed by atoms with Crippen LogP contribution in [0.1, 0.15) is 24.0 Å². The van der Waals surface area contributed by atoms with Gasteiger partial charge in [0.15, 0.2) is 11.5 Å². The first kappa shape index (κ1) is 19.8. The van der Waals surface area contributed by atoms with Crippen molar-refractivity contribution in [2.24, 2.45) is 5.92 Å². The normalized spacial score (nSPS) is 19.7. The molecule has 0 N–H and O–H groups in total. The zero-order chi connectivity index (χ0) is 20.2. The summed E-state index contributed by atoms with van der Waals surface area (Å²) in [5, 5.41) is 0. The molecule has 1 atom stereocenters. The average molecular weight is 395 g/mol. The van der Waals surface area contributed by atoms with Gasteiger partial charge in [0.1, 0.15) is 12.7 Å². The predicted molar refractivity (Wildman–Crippen MR) is 113 cm³/mol. The van der Waals surface area contributed by atoms with Crippen LogP contribution >= 0.6 is 0 Å². The van der Waals surface area contributed by atoms with Crippen LogP contribution < -0.4 is 9.47 Å². The number of rotatable bonds is 5. The van der Waals surface area contributed by atoms with Gasteiger partial charge in [-0.15, -0.1) is 0 Å². The van der Waals surface area contributed by atoms with Crippen molar-refractivity contribution in [3.63, 3.8) is 0 Å². The average Bonchev–Trinajstić information content (AvgIpc) is 2.75. The SMILES string of the molecule is CN(C)C(=O)C1CCN(Cc2ccc(CC3COc4ccccc4O3)cc2)CC1. The van der Waals surface area contributed by atoms with Gasteiger partial charge in [-0.3, -0.25) is 9.69 Å². The van der Waals surface area contributed by atoms with E-state index in [1.54, 1.807) is 4.90 Å². The number of ether oxygens (including phenoxy) is 2. The highest BCUT2D eigenvalue weighted by Crippen LogP contribution is 2.31. The number of carbonyl (C=O) groups is 1. The van der Waals surface area contributed by atoms with Crippen LogP contribution in [0.4, 0.5) is 0 Å². The number of hydrogen-bond acceptors (Lipinski definition) is 4. The first-order valence-electron chi connectivity index (χ1n) is 10.5. The van der Waals surface area contributed by atoms with Gasteiger partial charge >= 0.3 is 0 Å². The Bertz CT molecular complexity index is 826. The third-order valence-corrected chi connectivity index (χ3v) is 5.84. The van der Waals surface area contributed by atoms with Gasteiger partial charge in [-0.1, -0.05) is 36.4 Å². The van der Waals surface area contributed by atoms with Gasteiger partial charge in [-0.05, 0) is 49.2 Å². The third kappa shape index (κ3) is 4.91. The molecule has 154 valence electrons. The quantitative estimate of drug-likeness (QED) is 0.780. The van der Waals surface area contributed by atoms with Crippen molar-refractivity contribution in [1.29, 1.82) is 0 Å². The molecule has 1 unspecified atom stereocenters. The molecule has 2 aliphatic rings. The summed E-state index contributed by atoms with van der Waals surface area (Å²) in [4.78, 5) is 16.3. The highest BCUT2D eigenvalue weighted by atomic mass is 16.6. The maximum Gasteiger partial charge on any atom is 0.225 e. The summed E-state index contributed by atoms with van der Waals surface area (Å²) < 4.78 is 11.9. The zero-order valence-electron chi connectivity index (χ0n) is 17.3. The van der Waals surface area contributed by atoms with Gasteiger partial charge in [-0.25, -0.2) is 0 Å². The van der Waals surface area contributed by atoms with E-state index in [0.717, 1.165) is 50.4 Å². The Hall–Kier alpha value is -2.53. The monoisotopic (exact) mass is 394 g/mol. The van der Waals surface area contributed by atoms with Crippen LogP contribution in [0.3, 0.4) is 0 Å². The van der Waals surface area contributed by atoms with Gasteiger partial charge in [0.25, 0.3) is 0 Å². The molecule has 0 radical (unpaired) electrons. The molecule has 0 saturated carbocycles. The standard InChI is InChI=1S/C24H30N2O3/c1-25(2)24(27)20-11-13-26(14-12-20)16-19-9-7-18(8-10-19)15-21-17-28-22-5-3-4-6-23(22)29-21/h3-10,20-21H,11-17H2,1-2H3. The van der Waals surface area contributed by atoms with Crippen LogP contribution in [-0.2, 0) is 17.8 Å². The van der Waals surface area contributed by atoms with Crippen LogP contribution in [0.5, 0.6) is 11.5 Å². The summed E-state index contributed by atoms with van der Waals surface area (Å²) in [5.41, 5.74) is 2.58. The minimum atomic E-state index is 0.0454. The second kappa shape index (κ2) is 8.87. The molecule has 0 aromatic heterocycles. The molecule has 1 amide bonds. The first-order chi connectivity index (χ1) is 14.1. The molecular formula is C24H30N2O3. The lowest BCUT2D eigenvalue weighted by molar-refractivity contribution is -0.134. The molecular weight excluding hydrogens is 364 g/mol. The molecule has 2 aromatic carbocycles. The maximum absolute atomic E-state index is 12.1. The minimum Gasteiger partial charge on any atom is -0.486 e. The number of likely N-dealkylation sites (tertiary alicyclic amines) is 1. The molecule has 29 heavy (non-hydrogen) atoms. The molecule has 2 heterocycles. The Morgan fingerprint density at radius 2 is 1.66 bits per heavy atom. The van der Waals surface area contributed by atoms with E-state index in [-0.39, 0.29) is 17.9 Å². The van der Waals surface area contributed by atoms with Gasteiger partial charge in [0.2, 0.25) is 5.91 Å². The summed E-state index contributed by atoms with van der Waals surface area (Å²) in [6.45, 7) is 3.50. The molecule has 5 heteroatoms. The van der Waals surface area contributed by atoms with E-state index in [4.69, 9.17) is 9.47 Å². The Morgan fingerprint density at radius 3 is 2.34 bits per heavy atom. The van der Waals surface area contributed by atoms with Gasteiger partial charge in [-0.2, -0.15) is 0 Å². The Balaban J connectivity index is 1.26. The van der Waals surface area contributed by atoms with E-state index in [2.05, 4.69) is 29.2 Å². The summed E-state index contributed by atoms with van der Waals surface area (Å²) >= 11 is 0. The van der Waals surface area contributed by atoms with E-state index in [0.29, 0.717) is 6.61 Å². The van der Waals surface area contributed by atoms with Crippen molar-refractivity contribution in [3.05, 3.63) is 59.7 Å². The fourth-order valence-electron chi connectivity index (χ4n) is 4.17. The van der Waals surface area contributed by atoms with Crippen LogP contribution in [0, 0.1) is 5.92 Å². The number of para-hydroxylation sites is 2. The van der Waals surface area contributed by atoms with Crippen molar-refractivity contribution in [2.75, 3.05) is 33.8 Å². The molecule has 5 nitrogen and oxygen atoms in total. The summed E-state index contributed by atoms with van der Waals surface area (Å²) in [6.07, 6.45) is 2.79. The fraction of sp³-hybridized carbons (Fsp3) is 0.458. The van der Waals surface area contributed by atoms with Crippen LogP contribution in [0.15, 0.2) is 48.5 Å². The number of carbonyl (C=O) groups excluding carboxylic acids is 1. The van der Waals surface area contributed by atoms with Gasteiger partial charge in [0.05, 0.1) is 0 Å². The predicted octanol–water partition coefficient (Wildman–Crippen LogP) is 3.37. The molecule has 2 aliphatic heterocycles. The molecule has 2 aromatic rings. The fourth-order valence-corrected chi connectivity index (χ4v) is 4.17. The highest BCUT2D eigenvalue weighted by Gasteiger charge is 2.26. The number of fused-ring (bicyclic) bond motifs is 1. The van der Waals surface area contributed by atoms with E-state index in [9.17, 15) is 4.79 Å². The van der Waals surface area contributed by atoms with Crippen LogP contribution in [-0.4, -0.2) is 55.6 Å². The summed E-state index contributed by atoms with van der Waals surface area (Å²) in [5.74, 6) is 2.11. The lowest BCUT2D eigenvalue weighted by Crippen LogP contribution is -2.39. The molecule has 4 rings (SSSR count). The van der Waals surface area contributed by atoms with Crippen LogP contribution in [0.2, 0.25) is 0 Å². The van der Waals surface area contributed by atoms with Crippen molar-refractivity contribution in [1.82, 2.24) is 9.80 Å². The minimum absolute atomic E-state index is 0.0454. The largest absolute Gasteiger partial charge is 0.486 e. The molecule has 1 saturated heterocycles. The van der Waals surface area contributed by atoms with Crippen LogP contribution in [0.25, 0.3) is 0 Å². The van der Waals surface area contributed by atoms with E-state index in [1.165, 1.54) is 11.1 Å². The third-order valence-electron chi connectivity index (χ3n) is 5.84. The molecule has 0 aliphatic carbocycles. The second-order valence-corrected chi connectivity index (χ2v) is 8.30. The highest BCUT2D eigenvalue weighted by molar-refractivity contribution is 5.78. The molecule has 1 fully saturated rings. The summed E-state index contributed by atoms with van der Waals surface area (Å²) in [6, 6.07) is 16.7. The summed E-state index contributed by atoms with van der Waals surface area (Å²) in [7, 11) is 3.69.